The second kappa shape index (κ2) is 8.75. The van der Waals surface area contributed by atoms with Gasteiger partial charge in [-0.25, -0.2) is 0 Å². The Hall–Kier alpha value is -3.07. The van der Waals surface area contributed by atoms with Gasteiger partial charge in [0.25, 0.3) is 5.22 Å². The van der Waals surface area contributed by atoms with E-state index in [1.165, 1.54) is 11.8 Å². The van der Waals surface area contributed by atoms with E-state index in [0.717, 1.165) is 22.6 Å². The van der Waals surface area contributed by atoms with Gasteiger partial charge in [0.1, 0.15) is 13.2 Å². The Morgan fingerprint density at radius 2 is 1.89 bits per heavy atom. The first-order valence-corrected chi connectivity index (χ1v) is 9.78. The van der Waals surface area contributed by atoms with Gasteiger partial charge in [-0.2, -0.15) is 0 Å². The van der Waals surface area contributed by atoms with E-state index < -0.39 is 0 Å². The Morgan fingerprint density at radius 1 is 1.07 bits per heavy atom. The normalized spacial score (nSPS) is 12.6. The summed E-state index contributed by atoms with van der Waals surface area (Å²) in [6, 6.07) is 9.40. The van der Waals surface area contributed by atoms with Gasteiger partial charge in [-0.15, -0.1) is 10.2 Å². The summed E-state index contributed by atoms with van der Waals surface area (Å²) in [5.74, 6) is 2.04. The van der Waals surface area contributed by atoms with Crippen LogP contribution in [0.3, 0.4) is 0 Å². The van der Waals surface area contributed by atoms with E-state index in [1.807, 2.05) is 18.2 Å². The van der Waals surface area contributed by atoms with Gasteiger partial charge in [0.05, 0.1) is 5.75 Å². The summed E-state index contributed by atoms with van der Waals surface area (Å²) >= 11 is 1.20. The molecule has 144 valence electrons. The lowest BCUT2D eigenvalue weighted by molar-refractivity contribution is -0.118. The third kappa shape index (κ3) is 4.61. The molecule has 0 fully saturated rings. The summed E-state index contributed by atoms with van der Waals surface area (Å²) in [5.41, 5.74) is 1.87. The van der Waals surface area contributed by atoms with Gasteiger partial charge >= 0.3 is 0 Å². The van der Waals surface area contributed by atoms with Crippen LogP contribution in [-0.4, -0.2) is 46.6 Å². The zero-order valence-electron chi connectivity index (χ0n) is 15.0. The maximum absolute atomic E-state index is 12.0. The lowest BCUT2D eigenvalue weighted by atomic mass is 10.1. The van der Waals surface area contributed by atoms with Crippen molar-refractivity contribution in [3.05, 3.63) is 48.3 Å². The fourth-order valence-electron chi connectivity index (χ4n) is 2.65. The molecular weight excluding hydrogens is 380 g/mol. The third-order valence-corrected chi connectivity index (χ3v) is 4.82. The predicted molar refractivity (Wildman–Crippen MR) is 102 cm³/mol. The van der Waals surface area contributed by atoms with Crippen LogP contribution in [0.25, 0.3) is 11.5 Å². The number of thioether (sulfide) groups is 1. The topological polar surface area (TPSA) is 99.4 Å². The van der Waals surface area contributed by atoms with Gasteiger partial charge in [-0.05, 0) is 36.2 Å². The van der Waals surface area contributed by atoms with Crippen molar-refractivity contribution in [3.8, 4) is 23.0 Å². The fourth-order valence-corrected chi connectivity index (χ4v) is 3.24. The zero-order valence-corrected chi connectivity index (χ0v) is 15.8. The Morgan fingerprint density at radius 3 is 2.75 bits per heavy atom. The molecule has 1 aromatic carbocycles. The van der Waals surface area contributed by atoms with E-state index in [1.54, 1.807) is 24.5 Å². The SMILES string of the molecule is O=C(CSc1nnc(-c2ccncc2)o1)NCCc1ccc2c(c1)OCCO2. The predicted octanol–water partition coefficient (Wildman–Crippen LogP) is 2.35. The van der Waals surface area contributed by atoms with E-state index in [0.29, 0.717) is 37.3 Å². The van der Waals surface area contributed by atoms with Gasteiger partial charge in [0.2, 0.25) is 11.8 Å². The Bertz CT molecular complexity index is 948. The second-order valence-corrected chi connectivity index (χ2v) is 6.90. The number of nitrogens with zero attached hydrogens (tertiary/aromatic N) is 3. The molecular formula is C19H18N4O4S. The molecule has 3 aromatic rings. The zero-order chi connectivity index (χ0) is 19.2. The summed E-state index contributed by atoms with van der Waals surface area (Å²) in [7, 11) is 0. The number of pyridine rings is 1. The van der Waals surface area contributed by atoms with Crippen LogP contribution >= 0.6 is 11.8 Å². The smallest absolute Gasteiger partial charge is 0.277 e. The number of hydrogen-bond donors (Lipinski definition) is 1. The number of rotatable bonds is 7. The number of carbonyl (C=O) groups excluding carboxylic acids is 1. The highest BCUT2D eigenvalue weighted by Gasteiger charge is 2.13. The standard InChI is InChI=1S/C19H18N4O4S/c24-17(12-28-19-23-22-18(27-19)14-4-6-20-7-5-14)21-8-3-13-1-2-15-16(11-13)26-10-9-25-15/h1-2,4-7,11H,3,8-10,12H2,(H,21,24). The molecule has 0 spiro atoms. The molecule has 2 aromatic heterocycles. The molecule has 8 nitrogen and oxygen atoms in total. The van der Waals surface area contributed by atoms with E-state index in [-0.39, 0.29) is 11.7 Å². The minimum absolute atomic E-state index is 0.0915. The number of aromatic nitrogens is 3. The van der Waals surface area contributed by atoms with Crippen LogP contribution in [0.4, 0.5) is 0 Å². The number of amides is 1. The van der Waals surface area contributed by atoms with E-state index in [2.05, 4.69) is 20.5 Å². The van der Waals surface area contributed by atoms with E-state index in [4.69, 9.17) is 13.9 Å². The molecule has 1 aliphatic rings. The van der Waals surface area contributed by atoms with Crippen molar-refractivity contribution in [1.82, 2.24) is 20.5 Å². The number of benzene rings is 1. The molecule has 0 unspecified atom stereocenters. The Kier molecular flexibility index (Phi) is 5.72. The van der Waals surface area contributed by atoms with Crippen LogP contribution in [-0.2, 0) is 11.2 Å². The fraction of sp³-hybridized carbons (Fsp3) is 0.263. The molecule has 0 atom stereocenters. The summed E-state index contributed by atoms with van der Waals surface area (Å²) < 4.78 is 16.6. The lowest BCUT2D eigenvalue weighted by Gasteiger charge is -2.18. The number of nitrogens with one attached hydrogen (secondary N) is 1. The van der Waals surface area contributed by atoms with Crippen LogP contribution in [0, 0.1) is 0 Å². The molecule has 1 aliphatic heterocycles. The molecule has 0 saturated heterocycles. The molecule has 0 bridgehead atoms. The van der Waals surface area contributed by atoms with Crippen LogP contribution in [0.1, 0.15) is 5.56 Å². The first-order chi connectivity index (χ1) is 13.8. The van der Waals surface area contributed by atoms with Crippen molar-refractivity contribution in [2.45, 2.75) is 11.6 Å². The van der Waals surface area contributed by atoms with Gasteiger partial charge in [0.15, 0.2) is 11.5 Å². The lowest BCUT2D eigenvalue weighted by Crippen LogP contribution is -2.27. The van der Waals surface area contributed by atoms with Crippen molar-refractivity contribution in [2.24, 2.45) is 0 Å². The highest BCUT2D eigenvalue weighted by molar-refractivity contribution is 7.99. The van der Waals surface area contributed by atoms with Crippen molar-refractivity contribution >= 4 is 17.7 Å². The molecule has 28 heavy (non-hydrogen) atoms. The highest BCUT2D eigenvalue weighted by atomic mass is 32.2. The molecule has 1 amide bonds. The quantitative estimate of drug-likeness (QED) is 0.606. The summed E-state index contributed by atoms with van der Waals surface area (Å²) in [6.45, 7) is 1.66. The summed E-state index contributed by atoms with van der Waals surface area (Å²) in [4.78, 5) is 16.0. The maximum Gasteiger partial charge on any atom is 0.277 e. The van der Waals surface area contributed by atoms with E-state index in [9.17, 15) is 4.79 Å². The molecule has 0 aliphatic carbocycles. The number of fused-ring (bicyclic) bond motifs is 1. The molecule has 3 heterocycles. The number of carbonyl (C=O) groups is 1. The van der Waals surface area contributed by atoms with Crippen LogP contribution < -0.4 is 14.8 Å². The molecule has 0 saturated carbocycles. The van der Waals surface area contributed by atoms with Gasteiger partial charge in [0, 0.05) is 24.5 Å². The number of ether oxygens (including phenoxy) is 2. The monoisotopic (exact) mass is 398 g/mol. The minimum atomic E-state index is -0.0915. The Balaban J connectivity index is 1.22. The maximum atomic E-state index is 12.0. The van der Waals surface area contributed by atoms with Gasteiger partial charge < -0.3 is 19.2 Å². The number of hydrogen-bond acceptors (Lipinski definition) is 8. The summed E-state index contributed by atoms with van der Waals surface area (Å²) in [6.07, 6.45) is 4.02. The van der Waals surface area contributed by atoms with Crippen LogP contribution in [0.2, 0.25) is 0 Å². The van der Waals surface area contributed by atoms with Crippen LogP contribution in [0.15, 0.2) is 52.4 Å². The van der Waals surface area contributed by atoms with Crippen molar-refractivity contribution in [2.75, 3.05) is 25.5 Å². The second-order valence-electron chi connectivity index (χ2n) is 5.98. The summed E-state index contributed by atoms with van der Waals surface area (Å²) in [5, 5.41) is 11.2. The van der Waals surface area contributed by atoms with Gasteiger partial charge in [-0.1, -0.05) is 17.8 Å². The molecule has 1 N–H and O–H groups in total. The Labute approximate surface area is 165 Å². The average molecular weight is 398 g/mol. The molecule has 4 rings (SSSR count). The third-order valence-electron chi connectivity index (χ3n) is 4.00. The van der Waals surface area contributed by atoms with Crippen molar-refractivity contribution < 1.29 is 18.7 Å². The average Bonchev–Trinajstić information content (AvgIpc) is 3.22. The molecule has 0 radical (unpaired) electrons. The highest BCUT2D eigenvalue weighted by Crippen LogP contribution is 2.30. The first kappa shape index (κ1) is 18.3. The van der Waals surface area contributed by atoms with Crippen molar-refractivity contribution in [1.29, 1.82) is 0 Å². The van der Waals surface area contributed by atoms with Crippen LogP contribution in [0.5, 0.6) is 11.5 Å². The van der Waals surface area contributed by atoms with Gasteiger partial charge in [-0.3, -0.25) is 9.78 Å². The van der Waals surface area contributed by atoms with E-state index >= 15 is 0 Å². The van der Waals surface area contributed by atoms with Crippen molar-refractivity contribution in [3.63, 3.8) is 0 Å². The first-order valence-electron chi connectivity index (χ1n) is 8.80. The molecule has 9 heteroatoms. The minimum Gasteiger partial charge on any atom is -0.486 e. The largest absolute Gasteiger partial charge is 0.486 e.